The summed E-state index contributed by atoms with van der Waals surface area (Å²) in [5, 5.41) is 12.9. The molecule has 0 fully saturated rings. The minimum atomic E-state index is 0.467. The van der Waals surface area contributed by atoms with E-state index in [9.17, 15) is 5.26 Å². The Labute approximate surface area is 265 Å². The number of thiophene rings is 1. The van der Waals surface area contributed by atoms with E-state index in [4.69, 9.17) is 9.97 Å². The van der Waals surface area contributed by atoms with Gasteiger partial charge in [-0.25, -0.2) is 9.97 Å². The molecule has 0 aliphatic carbocycles. The largest absolute Gasteiger partial charge is 0.227 e. The van der Waals surface area contributed by atoms with Gasteiger partial charge in [0.1, 0.15) is 11.6 Å². The van der Waals surface area contributed by atoms with Crippen LogP contribution in [0.3, 0.4) is 0 Å². The van der Waals surface area contributed by atoms with Crippen molar-refractivity contribution in [3.8, 4) is 62.2 Å². The second-order valence-corrected chi connectivity index (χ2v) is 11.9. The molecule has 0 amide bonds. The van der Waals surface area contributed by atoms with E-state index < -0.39 is 0 Å². The highest BCUT2D eigenvalue weighted by Crippen LogP contribution is 2.43. The van der Waals surface area contributed by atoms with Crippen LogP contribution >= 0.6 is 11.3 Å². The molecule has 0 aliphatic rings. The zero-order chi connectivity index (χ0) is 30.2. The first kappa shape index (κ1) is 26.7. The van der Waals surface area contributed by atoms with E-state index in [-0.39, 0.29) is 0 Å². The molecule has 0 spiro atoms. The second kappa shape index (κ2) is 11.3. The molecule has 8 rings (SSSR count). The number of nitriles is 1. The topological polar surface area (TPSA) is 49.6 Å². The predicted molar refractivity (Wildman–Crippen MR) is 187 cm³/mol. The Balaban J connectivity index is 1.31. The van der Waals surface area contributed by atoms with Crippen LogP contribution in [-0.4, -0.2) is 9.97 Å². The lowest BCUT2D eigenvalue weighted by Crippen LogP contribution is -2.01. The third kappa shape index (κ3) is 4.77. The summed E-state index contributed by atoms with van der Waals surface area (Å²) in [6, 6.07) is 54.4. The lowest BCUT2D eigenvalue weighted by molar-refractivity contribution is 1.17. The highest BCUT2D eigenvalue weighted by atomic mass is 32.1. The average Bonchev–Trinajstić information content (AvgIpc) is 3.51. The monoisotopic (exact) mass is 591 g/mol. The van der Waals surface area contributed by atoms with Gasteiger partial charge in [0.2, 0.25) is 0 Å². The number of fused-ring (bicyclic) bond motifs is 3. The Kier molecular flexibility index (Phi) is 6.72. The van der Waals surface area contributed by atoms with Crippen LogP contribution in [-0.2, 0) is 0 Å². The van der Waals surface area contributed by atoms with Crippen molar-refractivity contribution in [2.24, 2.45) is 0 Å². The lowest BCUT2D eigenvalue weighted by atomic mass is 9.93. The fourth-order valence-corrected chi connectivity index (χ4v) is 7.29. The average molecular weight is 592 g/mol. The van der Waals surface area contributed by atoms with Crippen LogP contribution in [0.15, 0.2) is 152 Å². The van der Waals surface area contributed by atoms with E-state index >= 15 is 0 Å². The van der Waals surface area contributed by atoms with Crippen molar-refractivity contribution in [2.45, 2.75) is 0 Å². The van der Waals surface area contributed by atoms with Crippen LogP contribution in [0.5, 0.6) is 0 Å². The van der Waals surface area contributed by atoms with E-state index in [2.05, 4.69) is 91.0 Å². The van der Waals surface area contributed by atoms with Crippen LogP contribution in [0.1, 0.15) is 5.56 Å². The van der Waals surface area contributed by atoms with Gasteiger partial charge in [-0.15, -0.1) is 11.3 Å². The fraction of sp³-hybridized carbons (Fsp3) is 0. The van der Waals surface area contributed by atoms with Crippen molar-refractivity contribution in [1.82, 2.24) is 9.97 Å². The number of rotatable bonds is 5. The Hall–Kier alpha value is -5.89. The van der Waals surface area contributed by atoms with Crippen LogP contribution < -0.4 is 0 Å². The molecule has 2 aromatic heterocycles. The zero-order valence-electron chi connectivity index (χ0n) is 24.2. The van der Waals surface area contributed by atoms with Gasteiger partial charge in [0, 0.05) is 42.4 Å². The first-order chi connectivity index (χ1) is 22.3. The summed E-state index contributed by atoms with van der Waals surface area (Å²) >= 11 is 1.84. The molecule has 0 N–H and O–H groups in total. The number of hydrogen-bond acceptors (Lipinski definition) is 4. The third-order valence-corrected chi connectivity index (χ3v) is 9.39. The summed E-state index contributed by atoms with van der Waals surface area (Å²) in [6.07, 6.45) is 0. The van der Waals surface area contributed by atoms with Crippen molar-refractivity contribution >= 4 is 31.5 Å². The lowest BCUT2D eigenvalue weighted by Gasteiger charge is -2.14. The Morgan fingerprint density at radius 3 is 1.71 bits per heavy atom. The van der Waals surface area contributed by atoms with Gasteiger partial charge in [-0.1, -0.05) is 140 Å². The first-order valence-electron chi connectivity index (χ1n) is 14.8. The molecular weight excluding hydrogens is 567 g/mol. The van der Waals surface area contributed by atoms with Gasteiger partial charge in [0.25, 0.3) is 0 Å². The molecule has 0 radical (unpaired) electrons. The van der Waals surface area contributed by atoms with Crippen LogP contribution in [0, 0.1) is 11.3 Å². The third-order valence-electron chi connectivity index (χ3n) is 8.17. The number of hydrogen-bond donors (Lipinski definition) is 0. The highest BCUT2D eigenvalue weighted by Gasteiger charge is 2.19. The first-order valence-corrected chi connectivity index (χ1v) is 15.6. The standard InChI is InChI=1S/C41H25N3S/c42-26-36-38(27-13-3-1-4-14-27)43-41(44-39(36)28-15-5-2-6-16-28)30-18-11-17-29(25-30)31-19-7-8-20-32(31)34-22-12-23-35-33-21-9-10-24-37(33)45-40(34)35/h1-25H. The molecule has 4 heteroatoms. The molecule has 6 aromatic carbocycles. The Morgan fingerprint density at radius 2 is 1.00 bits per heavy atom. The Bertz CT molecular complexity index is 2320. The van der Waals surface area contributed by atoms with Crippen molar-refractivity contribution in [1.29, 1.82) is 5.26 Å². The second-order valence-electron chi connectivity index (χ2n) is 10.9. The van der Waals surface area contributed by atoms with Crippen molar-refractivity contribution in [2.75, 3.05) is 0 Å². The molecule has 45 heavy (non-hydrogen) atoms. The van der Waals surface area contributed by atoms with Crippen LogP contribution in [0.25, 0.3) is 76.3 Å². The van der Waals surface area contributed by atoms with Crippen molar-refractivity contribution < 1.29 is 0 Å². The maximum atomic E-state index is 10.3. The summed E-state index contributed by atoms with van der Waals surface area (Å²) in [6.45, 7) is 0. The zero-order valence-corrected chi connectivity index (χ0v) is 25.0. The minimum Gasteiger partial charge on any atom is -0.227 e. The maximum Gasteiger partial charge on any atom is 0.160 e. The van der Waals surface area contributed by atoms with Crippen LogP contribution in [0.2, 0.25) is 0 Å². The van der Waals surface area contributed by atoms with Gasteiger partial charge < -0.3 is 0 Å². The van der Waals surface area contributed by atoms with Gasteiger partial charge in [-0.3, -0.25) is 0 Å². The summed E-state index contributed by atoms with van der Waals surface area (Å²) < 4.78 is 2.58. The Morgan fingerprint density at radius 1 is 0.467 bits per heavy atom. The molecule has 8 aromatic rings. The van der Waals surface area contributed by atoms with E-state index in [1.165, 1.54) is 31.3 Å². The number of aromatic nitrogens is 2. The molecule has 0 unspecified atom stereocenters. The van der Waals surface area contributed by atoms with E-state index in [1.54, 1.807) is 0 Å². The van der Waals surface area contributed by atoms with E-state index in [0.29, 0.717) is 22.8 Å². The molecule has 3 nitrogen and oxygen atoms in total. The molecule has 210 valence electrons. The SMILES string of the molecule is N#Cc1c(-c2ccccc2)nc(-c2cccc(-c3ccccc3-c3cccc4c3sc3ccccc34)c2)nc1-c1ccccc1. The molecule has 0 atom stereocenters. The molecule has 2 heterocycles. The van der Waals surface area contributed by atoms with Crippen molar-refractivity contribution in [3.63, 3.8) is 0 Å². The van der Waals surface area contributed by atoms with Gasteiger partial charge in [0.05, 0.1) is 11.4 Å². The van der Waals surface area contributed by atoms with Gasteiger partial charge in [-0.2, -0.15) is 5.26 Å². The molecule has 0 bridgehead atoms. The molecular formula is C41H25N3S. The molecule has 0 saturated heterocycles. The quantitative estimate of drug-likeness (QED) is 0.200. The van der Waals surface area contributed by atoms with Crippen LogP contribution in [0.4, 0.5) is 0 Å². The number of benzene rings is 6. The maximum absolute atomic E-state index is 10.3. The summed E-state index contributed by atoms with van der Waals surface area (Å²) in [5.74, 6) is 0.581. The highest BCUT2D eigenvalue weighted by molar-refractivity contribution is 7.26. The van der Waals surface area contributed by atoms with E-state index in [0.717, 1.165) is 27.8 Å². The van der Waals surface area contributed by atoms with Crippen molar-refractivity contribution in [3.05, 3.63) is 157 Å². The molecule has 0 saturated carbocycles. The number of nitrogens with zero attached hydrogens (tertiary/aromatic N) is 3. The summed E-state index contributed by atoms with van der Waals surface area (Å²) in [7, 11) is 0. The fourth-order valence-electron chi connectivity index (χ4n) is 6.06. The smallest absolute Gasteiger partial charge is 0.160 e. The summed E-state index contributed by atoms with van der Waals surface area (Å²) in [5.41, 5.74) is 9.01. The van der Waals surface area contributed by atoms with Gasteiger partial charge >= 0.3 is 0 Å². The van der Waals surface area contributed by atoms with Gasteiger partial charge in [0.15, 0.2) is 5.82 Å². The summed E-state index contributed by atoms with van der Waals surface area (Å²) in [4.78, 5) is 10.0. The molecule has 0 aliphatic heterocycles. The normalized spacial score (nSPS) is 11.1. The van der Waals surface area contributed by atoms with E-state index in [1.807, 2.05) is 78.1 Å². The minimum absolute atomic E-state index is 0.467. The van der Waals surface area contributed by atoms with Gasteiger partial charge in [-0.05, 0) is 28.8 Å². The predicted octanol–water partition coefficient (Wildman–Crippen LogP) is 11.1.